The van der Waals surface area contributed by atoms with Gasteiger partial charge in [-0.3, -0.25) is 4.79 Å². The highest BCUT2D eigenvalue weighted by Crippen LogP contribution is 2.32. The third kappa shape index (κ3) is 6.80. The Morgan fingerprint density at radius 1 is 0.941 bits per heavy atom. The molecule has 34 heavy (non-hydrogen) atoms. The highest BCUT2D eigenvalue weighted by Gasteiger charge is 2.37. The largest absolute Gasteiger partial charge is 0.443 e. The zero-order chi connectivity index (χ0) is 26.0. The van der Waals surface area contributed by atoms with Crippen molar-refractivity contribution in [1.82, 2.24) is 0 Å². The molecule has 0 aromatic heterocycles. The summed E-state index contributed by atoms with van der Waals surface area (Å²) in [4.78, 5) is 38.3. The molecule has 3 amide bonds. The molecule has 0 bridgehead atoms. The van der Waals surface area contributed by atoms with Crippen LogP contribution in [0.5, 0.6) is 0 Å². The predicted molar refractivity (Wildman–Crippen MR) is 125 cm³/mol. The van der Waals surface area contributed by atoms with Gasteiger partial charge in [-0.05, 0) is 71.9 Å². The van der Waals surface area contributed by atoms with Crippen LogP contribution in [0.3, 0.4) is 0 Å². The van der Waals surface area contributed by atoms with Crippen molar-refractivity contribution >= 4 is 46.8 Å². The van der Waals surface area contributed by atoms with E-state index in [-0.39, 0.29) is 21.2 Å². The molecule has 3 N–H and O–H groups in total. The van der Waals surface area contributed by atoms with Crippen LogP contribution in [-0.2, 0) is 9.47 Å². The van der Waals surface area contributed by atoms with E-state index in [4.69, 9.17) is 26.8 Å². The Hall–Kier alpha value is -3.40. The van der Waals surface area contributed by atoms with Gasteiger partial charge in [0, 0.05) is 5.69 Å². The molecule has 8 nitrogen and oxygen atoms in total. The number of rotatable bonds is 3. The quantitative estimate of drug-likeness (QED) is 0.493. The zero-order valence-corrected chi connectivity index (χ0v) is 20.3. The number of carbonyl (C=O) groups is 3. The van der Waals surface area contributed by atoms with Gasteiger partial charge >= 0.3 is 12.2 Å². The second kappa shape index (κ2) is 9.84. The van der Waals surface area contributed by atoms with E-state index >= 15 is 4.39 Å². The first kappa shape index (κ1) is 26.8. The van der Waals surface area contributed by atoms with Crippen LogP contribution in [0.25, 0.3) is 0 Å². The van der Waals surface area contributed by atoms with Crippen molar-refractivity contribution in [3.63, 3.8) is 0 Å². The third-order valence-electron chi connectivity index (χ3n) is 3.93. The summed E-state index contributed by atoms with van der Waals surface area (Å²) in [7, 11) is 0. The van der Waals surface area contributed by atoms with E-state index < -0.39 is 52.3 Å². The van der Waals surface area contributed by atoms with Crippen LogP contribution in [0.1, 0.15) is 51.9 Å². The lowest BCUT2D eigenvalue weighted by molar-refractivity contribution is 0.0427. The number of nitrogens with two attached hydrogens (primary N) is 1. The Kier molecular flexibility index (Phi) is 7.77. The van der Waals surface area contributed by atoms with Gasteiger partial charge in [0.25, 0.3) is 5.91 Å². The summed E-state index contributed by atoms with van der Waals surface area (Å²) in [6, 6.07) is 5.82. The molecule has 0 heterocycles. The first-order valence-corrected chi connectivity index (χ1v) is 10.5. The van der Waals surface area contributed by atoms with Crippen LogP contribution in [0, 0.1) is 11.6 Å². The van der Waals surface area contributed by atoms with Crippen LogP contribution >= 0.6 is 11.6 Å². The van der Waals surface area contributed by atoms with Gasteiger partial charge in [0.15, 0.2) is 11.6 Å². The Balaban J connectivity index is 2.55. The number of halogens is 3. The summed E-state index contributed by atoms with van der Waals surface area (Å²) in [6.07, 6.45) is -2.75. The van der Waals surface area contributed by atoms with Gasteiger partial charge in [-0.25, -0.2) is 18.4 Å². The van der Waals surface area contributed by atoms with Gasteiger partial charge in [-0.15, -0.1) is 0 Å². The standard InChI is InChI=1S/C23H26ClF2N3O5/c1-22(2,3)33-20(31)29(21(32)34-23(4,5)6)18-15(25)9-10-16(17(18)26)28-19(30)13-11-12(27)7-8-14(13)24/h7-11H,27H2,1-6H3,(H,28,30). The predicted octanol–water partition coefficient (Wildman–Crippen LogP) is 6.13. The van der Waals surface area contributed by atoms with Crippen molar-refractivity contribution in [1.29, 1.82) is 0 Å². The van der Waals surface area contributed by atoms with Crippen molar-refractivity contribution in [2.75, 3.05) is 16.0 Å². The fraction of sp³-hybridized carbons (Fsp3) is 0.348. The molecule has 0 saturated carbocycles. The van der Waals surface area contributed by atoms with Crippen molar-refractivity contribution in [3.8, 4) is 0 Å². The van der Waals surface area contributed by atoms with Gasteiger partial charge in [0.05, 0.1) is 16.3 Å². The van der Waals surface area contributed by atoms with Crippen molar-refractivity contribution in [2.24, 2.45) is 0 Å². The minimum Gasteiger partial charge on any atom is -0.443 e. The number of anilines is 3. The molecule has 0 aliphatic carbocycles. The Morgan fingerprint density at radius 2 is 1.47 bits per heavy atom. The molecule has 0 aliphatic rings. The lowest BCUT2D eigenvalue weighted by Crippen LogP contribution is -2.44. The van der Waals surface area contributed by atoms with Crippen LogP contribution in [-0.4, -0.2) is 29.3 Å². The molecular formula is C23H26ClF2N3O5. The second-order valence-corrected chi connectivity index (χ2v) is 9.65. The number of benzene rings is 2. The fourth-order valence-corrected chi connectivity index (χ4v) is 2.82. The van der Waals surface area contributed by atoms with E-state index in [2.05, 4.69) is 5.32 Å². The van der Waals surface area contributed by atoms with Crippen molar-refractivity contribution < 1.29 is 32.6 Å². The van der Waals surface area contributed by atoms with Gasteiger partial charge in [-0.1, -0.05) is 11.6 Å². The number of nitrogens with zero attached hydrogens (tertiary/aromatic N) is 1. The molecule has 0 atom stereocenters. The fourth-order valence-electron chi connectivity index (χ4n) is 2.62. The molecule has 0 fully saturated rings. The summed E-state index contributed by atoms with van der Waals surface area (Å²) in [6.45, 7) is 9.06. The maximum absolute atomic E-state index is 15.5. The third-order valence-corrected chi connectivity index (χ3v) is 4.26. The average Bonchev–Trinajstić information content (AvgIpc) is 2.66. The molecule has 2 rings (SSSR count). The van der Waals surface area contributed by atoms with E-state index in [1.807, 2.05) is 0 Å². The lowest BCUT2D eigenvalue weighted by atomic mass is 10.1. The van der Waals surface area contributed by atoms with Crippen LogP contribution in [0.2, 0.25) is 5.02 Å². The second-order valence-electron chi connectivity index (χ2n) is 9.25. The number of ether oxygens (including phenoxy) is 2. The molecule has 0 saturated heterocycles. The zero-order valence-electron chi connectivity index (χ0n) is 19.6. The Bertz CT molecular complexity index is 1100. The van der Waals surface area contributed by atoms with Gasteiger partial charge in [0.2, 0.25) is 0 Å². The molecular weight excluding hydrogens is 472 g/mol. The number of hydrogen-bond donors (Lipinski definition) is 2. The lowest BCUT2D eigenvalue weighted by Gasteiger charge is -2.29. The minimum absolute atomic E-state index is 0.0404. The molecule has 2 aromatic rings. The van der Waals surface area contributed by atoms with E-state index in [1.54, 1.807) is 0 Å². The SMILES string of the molecule is CC(C)(C)OC(=O)N(C(=O)OC(C)(C)C)c1c(F)ccc(NC(=O)c2cc(N)ccc2Cl)c1F. The minimum atomic E-state index is -1.41. The number of nitrogen functional groups attached to an aromatic ring is 1. The molecule has 184 valence electrons. The number of carbonyl (C=O) groups excluding carboxylic acids is 3. The number of amides is 3. The first-order chi connectivity index (χ1) is 15.5. The van der Waals surface area contributed by atoms with Crippen molar-refractivity contribution in [3.05, 3.63) is 52.6 Å². The summed E-state index contributed by atoms with van der Waals surface area (Å²) in [5.74, 6) is -3.53. The normalized spacial score (nSPS) is 11.6. The molecule has 11 heteroatoms. The van der Waals surface area contributed by atoms with Gasteiger partial charge < -0.3 is 20.5 Å². The molecule has 0 aliphatic heterocycles. The van der Waals surface area contributed by atoms with Crippen molar-refractivity contribution in [2.45, 2.75) is 52.7 Å². The molecule has 0 radical (unpaired) electrons. The van der Waals surface area contributed by atoms with E-state index in [0.717, 1.165) is 12.1 Å². The van der Waals surface area contributed by atoms with Crippen LogP contribution in [0.4, 0.5) is 35.4 Å². The molecule has 2 aromatic carbocycles. The number of nitrogens with one attached hydrogen (secondary N) is 1. The Labute approximate surface area is 200 Å². The maximum atomic E-state index is 15.5. The average molecular weight is 498 g/mol. The highest BCUT2D eigenvalue weighted by atomic mass is 35.5. The summed E-state index contributed by atoms with van der Waals surface area (Å²) in [5.41, 5.74) is 2.03. The number of imide groups is 1. The van der Waals surface area contributed by atoms with E-state index in [0.29, 0.717) is 0 Å². The molecule has 0 spiro atoms. The summed E-state index contributed by atoms with van der Waals surface area (Å²) < 4.78 is 40.6. The van der Waals surface area contributed by atoms with Gasteiger partial charge in [-0.2, -0.15) is 4.90 Å². The van der Waals surface area contributed by atoms with Gasteiger partial charge in [0.1, 0.15) is 16.9 Å². The number of hydrogen-bond acceptors (Lipinski definition) is 6. The first-order valence-electron chi connectivity index (χ1n) is 10.1. The summed E-state index contributed by atoms with van der Waals surface area (Å²) >= 11 is 6.01. The highest BCUT2D eigenvalue weighted by molar-refractivity contribution is 6.34. The Morgan fingerprint density at radius 3 is 1.97 bits per heavy atom. The maximum Gasteiger partial charge on any atom is 0.424 e. The monoisotopic (exact) mass is 497 g/mol. The van der Waals surface area contributed by atoms with E-state index in [9.17, 15) is 18.8 Å². The summed E-state index contributed by atoms with van der Waals surface area (Å²) in [5, 5.41) is 2.28. The topological polar surface area (TPSA) is 111 Å². The van der Waals surface area contributed by atoms with Crippen LogP contribution < -0.4 is 16.0 Å². The smallest absolute Gasteiger partial charge is 0.424 e. The van der Waals surface area contributed by atoms with Crippen LogP contribution in [0.15, 0.2) is 30.3 Å². The molecule has 0 unspecified atom stereocenters. The van der Waals surface area contributed by atoms with E-state index in [1.165, 1.54) is 59.7 Å².